The molecule has 50 heteroatoms. The van der Waals surface area contributed by atoms with Gasteiger partial charge in [-0.2, -0.15) is 9.67 Å². The maximum Gasteiger partial charge on any atom is 0.458 e. The highest BCUT2D eigenvalue weighted by molar-refractivity contribution is 8.68. The number of fused-ring (bicyclic) bond motifs is 1. The van der Waals surface area contributed by atoms with Crippen LogP contribution in [-0.2, 0) is 148 Å². The van der Waals surface area contributed by atoms with E-state index in [0.29, 0.717) is 58.9 Å². The first-order valence-corrected chi connectivity index (χ1v) is 54.5. The van der Waals surface area contributed by atoms with E-state index < -0.39 is 66.3 Å². The third kappa shape index (κ3) is 40.4. The lowest BCUT2D eigenvalue weighted by Gasteiger charge is -2.21. The maximum absolute atomic E-state index is 12.5. The molecule has 5 aromatic rings. The van der Waals surface area contributed by atoms with E-state index in [2.05, 4.69) is 25.5 Å². The molecule has 0 saturated carbocycles. The van der Waals surface area contributed by atoms with Gasteiger partial charge in [0.1, 0.15) is 33.3 Å². The summed E-state index contributed by atoms with van der Waals surface area (Å²) in [5.74, 6) is 1.82. The molecule has 2 aromatic carbocycles. The third-order valence-electron chi connectivity index (χ3n) is 11.1. The number of carbonyl (C=O) groups is 2. The second-order valence-corrected chi connectivity index (χ2v) is 51.9. The first kappa shape index (κ1) is 104. The molecule has 0 bridgehead atoms. The number of thioether (sulfide) groups is 1. The van der Waals surface area contributed by atoms with Gasteiger partial charge in [0, 0.05) is 108 Å². The highest BCUT2D eigenvalue weighted by atomic mass is 35.5. The fourth-order valence-electron chi connectivity index (χ4n) is 6.45. The zero-order chi connectivity index (χ0) is 79.5. The number of aryl methyl sites for hydroxylation is 1. The Morgan fingerprint density at radius 1 is 0.692 bits per heavy atom. The average Bonchev–Trinajstić information content (AvgIpc) is 0.975. The van der Waals surface area contributed by atoms with Crippen LogP contribution in [0.15, 0.2) is 63.0 Å². The Bertz CT molecular complexity index is 3830. The van der Waals surface area contributed by atoms with E-state index >= 15 is 0 Å². The lowest BCUT2D eigenvalue weighted by Crippen LogP contribution is -2.24. The fourth-order valence-corrected chi connectivity index (χ4v) is 24.8. The number of esters is 2. The SMILES string of the molecule is CCOC(=O)CC(SP(=S)(OC)OC)C(=O)OCC.CCOP(=O)(NC(C)C)Oc1ccc(SC)c(C)c1.CCOP(=S)(OCC)Oc1nc(Cl)c(Cl)cc1Cl.CCS(=O)CCSP(=O)(OC)OC.COP(=S)(OC)SCn1nnc2ccccc2c1=O.COc1nn(CSP(=S)(OC)OC)c(=O)s1. The number of benzene rings is 2. The van der Waals surface area contributed by atoms with Crippen LogP contribution in [0.1, 0.15) is 67.4 Å². The lowest BCUT2D eigenvalue weighted by molar-refractivity contribution is -0.149. The summed E-state index contributed by atoms with van der Waals surface area (Å²) in [6.07, 6.45) is 1.90. The predicted molar refractivity (Wildman–Crippen MR) is 442 cm³/mol. The molecule has 0 aliphatic carbocycles. The molecule has 3 atom stereocenters. The average molecular weight is 1850 g/mol. The van der Waals surface area contributed by atoms with Gasteiger partial charge in [0.05, 0.1) is 57.0 Å². The van der Waals surface area contributed by atoms with Crippen molar-refractivity contribution >= 4 is 223 Å². The number of ether oxygens (including phenoxy) is 3. The summed E-state index contributed by atoms with van der Waals surface area (Å²) in [5, 5.41) is 15.2. The number of halogens is 3. The van der Waals surface area contributed by atoms with Gasteiger partial charge in [-0.3, -0.25) is 37.0 Å². The molecule has 0 saturated heterocycles. The second-order valence-electron chi connectivity index (χ2n) is 18.5. The van der Waals surface area contributed by atoms with Crippen molar-refractivity contribution in [3.63, 3.8) is 0 Å². The maximum atomic E-state index is 12.5. The summed E-state index contributed by atoms with van der Waals surface area (Å²) >= 11 is 45.4. The number of hydrogen-bond donors (Lipinski definition) is 1. The van der Waals surface area contributed by atoms with Crippen molar-refractivity contribution < 1.29 is 95.9 Å². The molecule has 1 N–H and O–H groups in total. The van der Waals surface area contributed by atoms with Crippen LogP contribution in [0.4, 0.5) is 0 Å². The Balaban J connectivity index is 0.00000123. The molecule has 0 fully saturated rings. The molecule has 5 rings (SSSR count). The number of pyridine rings is 1. The van der Waals surface area contributed by atoms with E-state index in [4.69, 9.17) is 155 Å². The van der Waals surface area contributed by atoms with E-state index in [1.54, 1.807) is 64.6 Å². The number of nitrogens with zero attached hydrogens (tertiary/aromatic N) is 6. The molecule has 30 nitrogen and oxygen atoms in total. The van der Waals surface area contributed by atoms with Crippen LogP contribution in [0.2, 0.25) is 15.2 Å². The van der Waals surface area contributed by atoms with Crippen LogP contribution < -0.4 is 29.3 Å². The predicted octanol–water partition coefficient (Wildman–Crippen LogP) is 16.5. The van der Waals surface area contributed by atoms with Crippen molar-refractivity contribution in [3.8, 4) is 16.8 Å². The van der Waals surface area contributed by atoms with Gasteiger partial charge in [0.2, 0.25) is 23.0 Å². The first-order valence-electron chi connectivity index (χ1n) is 30.0. The summed E-state index contributed by atoms with van der Waals surface area (Å²) in [7, 11) is 8.80. The molecule has 0 spiro atoms. The number of rotatable bonds is 40. The van der Waals surface area contributed by atoms with E-state index in [1.165, 1.54) is 107 Å². The molecule has 0 amide bonds. The van der Waals surface area contributed by atoms with Crippen LogP contribution >= 0.6 is 142 Å². The highest BCUT2D eigenvalue weighted by Gasteiger charge is 2.33. The number of hydrogen-bond acceptors (Lipinski definition) is 37. The highest BCUT2D eigenvalue weighted by Crippen LogP contribution is 2.63. The van der Waals surface area contributed by atoms with Crippen molar-refractivity contribution in [1.82, 2.24) is 34.8 Å². The number of aromatic nitrogens is 6. The molecule has 0 aliphatic heterocycles. The quantitative estimate of drug-likeness (QED) is 0.0165. The minimum Gasteiger partial charge on any atom is -0.472 e. The lowest BCUT2D eigenvalue weighted by atomic mass is 10.2. The zero-order valence-electron chi connectivity index (χ0n) is 60.4. The second kappa shape index (κ2) is 55.2. The van der Waals surface area contributed by atoms with Crippen molar-refractivity contribution in [2.45, 2.75) is 96.7 Å². The normalized spacial score (nSPS) is 12.8. The van der Waals surface area contributed by atoms with Crippen molar-refractivity contribution in [2.24, 2.45) is 0 Å². The third-order valence-corrected chi connectivity index (χ3v) is 40.7. The van der Waals surface area contributed by atoms with Gasteiger partial charge in [-0.05, 0) is 185 Å². The van der Waals surface area contributed by atoms with E-state index in [1.807, 2.05) is 58.2 Å². The van der Waals surface area contributed by atoms with Crippen molar-refractivity contribution in [3.05, 3.63) is 89.3 Å². The van der Waals surface area contributed by atoms with Gasteiger partial charge in [-0.15, -0.1) is 22.0 Å². The van der Waals surface area contributed by atoms with Gasteiger partial charge in [0.25, 0.3) is 10.8 Å². The van der Waals surface area contributed by atoms with Crippen molar-refractivity contribution in [1.29, 1.82) is 0 Å². The van der Waals surface area contributed by atoms with Crippen molar-refractivity contribution in [2.75, 3.05) is 121 Å². The van der Waals surface area contributed by atoms with Gasteiger partial charge >= 0.3 is 38.1 Å². The summed E-state index contributed by atoms with van der Waals surface area (Å²) in [5.41, 5.74) is -5.94. The Kier molecular flexibility index (Phi) is 55.1. The van der Waals surface area contributed by atoms with Crippen LogP contribution in [0.5, 0.6) is 16.8 Å². The Labute approximate surface area is 670 Å². The Hall–Kier alpha value is -0.290. The zero-order valence-corrected chi connectivity index (χ0v) is 77.0. The number of nitrogens with one attached hydrogen (secondary N) is 1. The monoisotopic (exact) mass is 1850 g/mol. The van der Waals surface area contributed by atoms with Crippen LogP contribution in [0.25, 0.3) is 10.9 Å². The minimum atomic E-state index is -3.30. The molecule has 0 radical (unpaired) electrons. The number of carbonyl (C=O) groups excluding carboxylic acids is 2. The Morgan fingerprint density at radius 2 is 1.24 bits per heavy atom. The summed E-state index contributed by atoms with van der Waals surface area (Å²) in [4.78, 5) is 51.7. The summed E-state index contributed by atoms with van der Waals surface area (Å²) in [6, 6.07) is 14.1. The molecule has 3 aromatic heterocycles. The standard InChI is InChI=1S/C13H22NO3PS.C10H12N3O3PS2.C10H19O6PS2.C9H11Cl3NO3PS.C6H11N2O4PS3.C6H15O4PS2/c1-6-16-18(15,14-10(2)3)17-12-7-8-13(19-5)11(4)9-12;1-15-17(18,16-2)19-7-13-10(14)8-5-3-4-6-9(8)11-12-13;1-5-15-9(11)7-8(10(12)16-6-2)19-17(18,13-3)14-4;1-3-14-17(18,15-4-2)16-9-7(11)5-6(10)8(12)13-9;1-10-5-7-8(6(9)16-5)4-15-13(14,11-2)12-3;1-4-13(8)6-5-12-11(7,9-2)10-3/h7-10H,6H2,1-5H3,(H,14,15);3-6H,7H2,1-2H3;8H,5-7H2,1-4H3;5H,3-4H2,1-2H3;4H2,1-3H3;4-6H2,1-3H3. The van der Waals surface area contributed by atoms with Gasteiger partial charge in [-0.25, -0.2) is 18.9 Å². The molecule has 596 valence electrons. The molecule has 3 unspecified atom stereocenters. The Morgan fingerprint density at radius 3 is 1.71 bits per heavy atom. The van der Waals surface area contributed by atoms with E-state index in [0.717, 1.165) is 39.7 Å². The molecule has 0 aliphatic rings. The van der Waals surface area contributed by atoms with Gasteiger partial charge < -0.3 is 59.4 Å². The first-order chi connectivity index (χ1) is 48.9. The van der Waals surface area contributed by atoms with Crippen LogP contribution in [-0.4, -0.2) is 178 Å². The minimum absolute atomic E-state index is 0.0175. The molecule has 104 heavy (non-hydrogen) atoms. The van der Waals surface area contributed by atoms with Crippen LogP contribution in [0.3, 0.4) is 0 Å². The molecular weight excluding hydrogens is 1760 g/mol. The molecule has 3 heterocycles. The smallest absolute Gasteiger partial charge is 0.458 e. The summed E-state index contributed by atoms with van der Waals surface area (Å²) < 4.78 is 119. The topological polar surface area (TPSA) is 341 Å². The van der Waals surface area contributed by atoms with E-state index in [9.17, 15) is 32.5 Å². The summed E-state index contributed by atoms with van der Waals surface area (Å²) in [6.45, 7) is 12.0. The number of methoxy groups -OCH3 is 1. The van der Waals surface area contributed by atoms with Crippen LogP contribution in [0, 0.1) is 6.92 Å². The van der Waals surface area contributed by atoms with Gasteiger partial charge in [-0.1, -0.05) is 70.5 Å². The van der Waals surface area contributed by atoms with Gasteiger partial charge in [0.15, 0.2) is 5.15 Å². The largest absolute Gasteiger partial charge is 0.472 e. The molecular formula is C54H90Cl3N7O23P6S11. The fraction of sp³-hybridized carbons (Fsp3) is 0.593. The van der Waals surface area contributed by atoms with E-state index in [-0.39, 0.29) is 68.9 Å².